The first-order valence-corrected chi connectivity index (χ1v) is 16.0. The SMILES string of the molecule is C=Cc1ccc(C2=CC(C=C)/C=N\N(CCSC)C(=O)CC=C2)cc1N(C)C(N)CC(C)C(=O)N(CCC)CCC. The van der Waals surface area contributed by atoms with Crippen molar-refractivity contribution in [2.75, 3.05) is 43.6 Å². The molecule has 0 spiro atoms. The van der Waals surface area contributed by atoms with Gasteiger partial charge in [-0.15, -0.1) is 6.58 Å². The number of nitrogens with two attached hydrogens (primary N) is 1. The Hall–Kier alpha value is -3.10. The van der Waals surface area contributed by atoms with Gasteiger partial charge in [0, 0.05) is 56.0 Å². The van der Waals surface area contributed by atoms with Crippen LogP contribution in [0.25, 0.3) is 11.6 Å². The van der Waals surface area contributed by atoms with Gasteiger partial charge in [0.1, 0.15) is 0 Å². The normalized spacial score (nSPS) is 17.8. The summed E-state index contributed by atoms with van der Waals surface area (Å²) in [4.78, 5) is 29.9. The standard InChI is InChI=1S/C33H49N5O2S/c1-8-17-37(18-9-2)33(40)25(5)21-31(34)36(6)30-23-29(16-15-27(30)11-4)28-13-12-14-32(39)38(19-20-41-7)35-24-26(10-3)22-28/h10-13,15-16,22-26,31H,3-4,8-9,14,17-21,34H2,1-2,5-7H3/b13-12?,28-22?,35-24-. The molecular weight excluding hydrogens is 530 g/mol. The van der Waals surface area contributed by atoms with E-state index in [9.17, 15) is 9.59 Å². The lowest BCUT2D eigenvalue weighted by Gasteiger charge is -2.32. The maximum atomic E-state index is 13.1. The maximum Gasteiger partial charge on any atom is 0.246 e. The zero-order valence-electron chi connectivity index (χ0n) is 25.6. The molecule has 2 amide bonds. The summed E-state index contributed by atoms with van der Waals surface area (Å²) in [7, 11) is 1.96. The number of amides is 2. The van der Waals surface area contributed by atoms with Gasteiger partial charge in [0.05, 0.1) is 12.7 Å². The van der Waals surface area contributed by atoms with E-state index in [0.717, 1.165) is 54.1 Å². The van der Waals surface area contributed by atoms with Crippen LogP contribution in [0.15, 0.2) is 60.8 Å². The molecule has 3 atom stereocenters. The Labute approximate surface area is 251 Å². The number of nitrogens with zero attached hydrogens (tertiary/aromatic N) is 4. The van der Waals surface area contributed by atoms with Crippen molar-refractivity contribution in [3.63, 3.8) is 0 Å². The second-order valence-electron chi connectivity index (χ2n) is 10.4. The molecule has 0 saturated carbocycles. The number of thioether (sulfide) groups is 1. The molecule has 2 rings (SSSR count). The zero-order valence-corrected chi connectivity index (χ0v) is 26.4. The van der Waals surface area contributed by atoms with Crippen LogP contribution in [0, 0.1) is 11.8 Å². The molecular formula is C33H49N5O2S. The van der Waals surface area contributed by atoms with Gasteiger partial charge in [-0.2, -0.15) is 16.9 Å². The summed E-state index contributed by atoms with van der Waals surface area (Å²) >= 11 is 1.68. The number of hydrazone groups is 1. The van der Waals surface area contributed by atoms with E-state index in [-0.39, 0.29) is 36.2 Å². The molecule has 0 saturated heterocycles. The van der Waals surface area contributed by atoms with Crippen molar-refractivity contribution in [1.82, 2.24) is 9.91 Å². The smallest absolute Gasteiger partial charge is 0.246 e. The van der Waals surface area contributed by atoms with Crippen LogP contribution >= 0.6 is 11.8 Å². The number of allylic oxidation sites excluding steroid dienone is 4. The number of hydrogen-bond acceptors (Lipinski definition) is 6. The Kier molecular flexibility index (Phi) is 14.7. The topological polar surface area (TPSA) is 82.2 Å². The first kappa shape index (κ1) is 34.1. The summed E-state index contributed by atoms with van der Waals surface area (Å²) in [5.41, 5.74) is 10.5. The van der Waals surface area contributed by atoms with Crippen LogP contribution in [0.3, 0.4) is 0 Å². The molecule has 0 bridgehead atoms. The third kappa shape index (κ3) is 10.0. The maximum absolute atomic E-state index is 13.1. The molecule has 1 aromatic carbocycles. The molecule has 224 valence electrons. The van der Waals surface area contributed by atoms with E-state index < -0.39 is 0 Å². The van der Waals surface area contributed by atoms with E-state index in [0.29, 0.717) is 13.0 Å². The van der Waals surface area contributed by atoms with Crippen LogP contribution < -0.4 is 10.6 Å². The quantitative estimate of drug-likeness (QED) is 0.202. The van der Waals surface area contributed by atoms with Crippen molar-refractivity contribution in [2.45, 2.75) is 52.6 Å². The van der Waals surface area contributed by atoms with Crippen molar-refractivity contribution in [3.05, 3.63) is 66.8 Å². The fourth-order valence-electron chi connectivity index (χ4n) is 4.79. The van der Waals surface area contributed by atoms with Crippen LogP contribution in [0.5, 0.6) is 0 Å². The van der Waals surface area contributed by atoms with Crippen LogP contribution in [-0.2, 0) is 9.59 Å². The molecule has 7 nitrogen and oxygen atoms in total. The molecule has 3 unspecified atom stereocenters. The Balaban J connectivity index is 2.36. The average Bonchev–Trinajstić information content (AvgIpc) is 2.98. The molecule has 1 aliphatic heterocycles. The Morgan fingerprint density at radius 2 is 1.98 bits per heavy atom. The number of carbonyl (C=O) groups is 2. The highest BCUT2D eigenvalue weighted by Gasteiger charge is 2.24. The molecule has 1 heterocycles. The molecule has 41 heavy (non-hydrogen) atoms. The largest absolute Gasteiger partial charge is 0.359 e. The molecule has 0 aromatic heterocycles. The first-order chi connectivity index (χ1) is 19.7. The number of rotatable bonds is 15. The van der Waals surface area contributed by atoms with Crippen molar-refractivity contribution < 1.29 is 9.59 Å². The van der Waals surface area contributed by atoms with Crippen LogP contribution in [0.1, 0.15) is 57.6 Å². The number of carbonyl (C=O) groups excluding carboxylic acids is 2. The van der Waals surface area contributed by atoms with E-state index in [4.69, 9.17) is 5.73 Å². The minimum atomic E-state index is -0.362. The summed E-state index contributed by atoms with van der Waals surface area (Å²) < 4.78 is 0. The average molecular weight is 580 g/mol. The van der Waals surface area contributed by atoms with Gasteiger partial charge in [-0.1, -0.05) is 69.9 Å². The monoisotopic (exact) mass is 579 g/mol. The highest BCUT2D eigenvalue weighted by Crippen LogP contribution is 2.30. The van der Waals surface area contributed by atoms with Gasteiger partial charge in [-0.3, -0.25) is 9.59 Å². The fraction of sp³-hybridized carbons (Fsp3) is 0.485. The third-order valence-corrected chi connectivity index (χ3v) is 7.77. The lowest BCUT2D eigenvalue weighted by atomic mass is 9.96. The van der Waals surface area contributed by atoms with Gasteiger partial charge in [-0.05, 0) is 48.3 Å². The fourth-order valence-corrected chi connectivity index (χ4v) is 5.14. The molecule has 8 heteroatoms. The molecule has 1 aromatic rings. The van der Waals surface area contributed by atoms with Crippen molar-refractivity contribution in [2.24, 2.45) is 22.7 Å². The van der Waals surface area contributed by atoms with E-state index in [1.807, 2.05) is 66.5 Å². The predicted octanol–water partition coefficient (Wildman–Crippen LogP) is 6.05. The van der Waals surface area contributed by atoms with Crippen LogP contribution in [0.4, 0.5) is 5.69 Å². The second-order valence-corrected chi connectivity index (χ2v) is 11.4. The summed E-state index contributed by atoms with van der Waals surface area (Å²) in [5, 5.41) is 6.02. The van der Waals surface area contributed by atoms with Gasteiger partial charge in [0.2, 0.25) is 11.8 Å². The minimum Gasteiger partial charge on any atom is -0.359 e. The van der Waals surface area contributed by atoms with E-state index in [1.165, 1.54) is 0 Å². The van der Waals surface area contributed by atoms with Crippen molar-refractivity contribution in [3.8, 4) is 0 Å². The van der Waals surface area contributed by atoms with Crippen LogP contribution in [-0.4, -0.2) is 72.8 Å². The van der Waals surface area contributed by atoms with Gasteiger partial charge in [0.25, 0.3) is 0 Å². The molecule has 0 aliphatic carbocycles. The third-order valence-electron chi connectivity index (χ3n) is 7.18. The highest BCUT2D eigenvalue weighted by molar-refractivity contribution is 7.98. The lowest BCUT2D eigenvalue weighted by Crippen LogP contribution is -2.44. The first-order valence-electron chi connectivity index (χ1n) is 14.6. The Morgan fingerprint density at radius 3 is 2.59 bits per heavy atom. The van der Waals surface area contributed by atoms with Gasteiger partial charge in [-0.25, -0.2) is 5.01 Å². The predicted molar refractivity (Wildman–Crippen MR) is 178 cm³/mol. The van der Waals surface area contributed by atoms with Crippen LogP contribution in [0.2, 0.25) is 0 Å². The summed E-state index contributed by atoms with van der Waals surface area (Å²) in [6, 6.07) is 6.17. The van der Waals surface area contributed by atoms with Gasteiger partial charge >= 0.3 is 0 Å². The highest BCUT2D eigenvalue weighted by atomic mass is 32.2. The minimum absolute atomic E-state index is 0.0379. The number of anilines is 1. The lowest BCUT2D eigenvalue weighted by molar-refractivity contribution is -0.135. The second kappa shape index (κ2) is 17.7. The summed E-state index contributed by atoms with van der Waals surface area (Å²) in [6.45, 7) is 16.3. The summed E-state index contributed by atoms with van der Waals surface area (Å²) in [6.07, 6.45) is 15.7. The molecule has 2 N–H and O–H groups in total. The molecule has 0 radical (unpaired) electrons. The van der Waals surface area contributed by atoms with E-state index in [2.05, 4.69) is 44.2 Å². The summed E-state index contributed by atoms with van der Waals surface area (Å²) in [5.74, 6) is 0.602. The number of benzene rings is 1. The Morgan fingerprint density at radius 1 is 1.27 bits per heavy atom. The van der Waals surface area contributed by atoms with Crippen molar-refractivity contribution in [1.29, 1.82) is 0 Å². The Bertz CT molecular complexity index is 1120. The van der Waals surface area contributed by atoms with E-state index >= 15 is 0 Å². The van der Waals surface area contributed by atoms with Gasteiger partial charge in [0.15, 0.2) is 0 Å². The molecule has 1 aliphatic rings. The molecule has 0 fully saturated rings. The van der Waals surface area contributed by atoms with Gasteiger partial charge < -0.3 is 15.5 Å². The van der Waals surface area contributed by atoms with Crippen molar-refractivity contribution >= 4 is 47.1 Å². The number of hydrogen-bond donors (Lipinski definition) is 1. The van der Waals surface area contributed by atoms with E-state index in [1.54, 1.807) is 23.0 Å². The zero-order chi connectivity index (χ0) is 30.4.